The highest BCUT2D eigenvalue weighted by Crippen LogP contribution is 2.35. The highest BCUT2D eigenvalue weighted by atomic mass is 15.0. The molecule has 0 unspecified atom stereocenters. The predicted octanol–water partition coefficient (Wildman–Crippen LogP) is 8.24. The van der Waals surface area contributed by atoms with Crippen LogP contribution in [0.5, 0.6) is 0 Å². The van der Waals surface area contributed by atoms with Crippen molar-refractivity contribution in [2.45, 2.75) is 13.3 Å². The van der Waals surface area contributed by atoms with E-state index in [1.807, 2.05) is 0 Å². The van der Waals surface area contributed by atoms with Crippen LogP contribution in [0.25, 0.3) is 38.3 Å². The Morgan fingerprint density at radius 2 is 1.25 bits per heavy atom. The fourth-order valence-corrected chi connectivity index (χ4v) is 4.66. The van der Waals surface area contributed by atoms with Crippen molar-refractivity contribution in [1.29, 1.82) is 0 Å². The Bertz CT molecular complexity index is 1580. The summed E-state index contributed by atoms with van der Waals surface area (Å²) in [6.45, 7) is 2.21. The number of nitrogens with one attached hydrogen (secondary N) is 1. The molecule has 154 valence electrons. The first-order valence-electron chi connectivity index (χ1n) is 11.2. The fourth-order valence-electron chi connectivity index (χ4n) is 4.66. The average Bonchev–Trinajstić information content (AvgIpc) is 3.17. The Kier molecular flexibility index (Phi) is 4.43. The minimum atomic E-state index is 1.03. The SMILES string of the molecule is CCc1ccc2c(c1)c1cc(Nc3ccc4ccccc4c3)ccc1n2-c1ccccc1. The van der Waals surface area contributed by atoms with E-state index >= 15 is 0 Å². The van der Waals surface area contributed by atoms with Gasteiger partial charge in [0.1, 0.15) is 0 Å². The Morgan fingerprint density at radius 1 is 0.594 bits per heavy atom. The molecule has 0 aliphatic rings. The van der Waals surface area contributed by atoms with Crippen LogP contribution in [0.1, 0.15) is 12.5 Å². The van der Waals surface area contributed by atoms with Gasteiger partial charge in [0, 0.05) is 27.8 Å². The Morgan fingerprint density at radius 3 is 2.06 bits per heavy atom. The molecule has 0 spiro atoms. The van der Waals surface area contributed by atoms with Crippen LogP contribution in [0.3, 0.4) is 0 Å². The number of para-hydroxylation sites is 1. The second-order valence-electron chi connectivity index (χ2n) is 8.29. The number of anilines is 2. The van der Waals surface area contributed by atoms with Gasteiger partial charge < -0.3 is 9.88 Å². The maximum Gasteiger partial charge on any atom is 0.0542 e. The predicted molar refractivity (Wildman–Crippen MR) is 137 cm³/mol. The second-order valence-corrected chi connectivity index (χ2v) is 8.29. The Hall–Kier alpha value is -4.04. The third-order valence-corrected chi connectivity index (χ3v) is 6.29. The Labute approximate surface area is 187 Å². The number of rotatable bonds is 4. The lowest BCUT2D eigenvalue weighted by atomic mass is 10.1. The van der Waals surface area contributed by atoms with E-state index in [0.717, 1.165) is 17.8 Å². The lowest BCUT2D eigenvalue weighted by Crippen LogP contribution is -1.94. The summed E-state index contributed by atoms with van der Waals surface area (Å²) in [4.78, 5) is 0. The molecule has 5 aromatic carbocycles. The minimum absolute atomic E-state index is 1.03. The molecule has 2 heteroatoms. The van der Waals surface area contributed by atoms with E-state index in [0.29, 0.717) is 0 Å². The summed E-state index contributed by atoms with van der Waals surface area (Å²) < 4.78 is 2.36. The summed E-state index contributed by atoms with van der Waals surface area (Å²) in [5.41, 5.74) is 7.21. The molecule has 0 aliphatic carbocycles. The summed E-state index contributed by atoms with van der Waals surface area (Å²) in [5, 5.41) is 8.68. The van der Waals surface area contributed by atoms with Crippen LogP contribution in [-0.4, -0.2) is 4.57 Å². The number of aryl methyl sites for hydroxylation is 1. The lowest BCUT2D eigenvalue weighted by Gasteiger charge is -2.10. The van der Waals surface area contributed by atoms with Gasteiger partial charge in [0.05, 0.1) is 11.0 Å². The van der Waals surface area contributed by atoms with E-state index in [1.54, 1.807) is 0 Å². The van der Waals surface area contributed by atoms with Gasteiger partial charge in [-0.25, -0.2) is 0 Å². The van der Waals surface area contributed by atoms with Gasteiger partial charge in [0.2, 0.25) is 0 Å². The molecule has 6 aromatic rings. The zero-order valence-electron chi connectivity index (χ0n) is 18.0. The molecule has 0 radical (unpaired) electrons. The molecule has 32 heavy (non-hydrogen) atoms. The lowest BCUT2D eigenvalue weighted by molar-refractivity contribution is 1.14. The van der Waals surface area contributed by atoms with Gasteiger partial charge >= 0.3 is 0 Å². The zero-order valence-corrected chi connectivity index (χ0v) is 18.0. The number of fused-ring (bicyclic) bond motifs is 4. The third kappa shape index (κ3) is 3.12. The number of nitrogens with zero attached hydrogens (tertiary/aromatic N) is 1. The number of aromatic nitrogens is 1. The Balaban J connectivity index is 1.52. The second kappa shape index (κ2) is 7.58. The van der Waals surface area contributed by atoms with E-state index in [1.165, 1.54) is 43.8 Å². The van der Waals surface area contributed by atoms with Crippen LogP contribution in [0.4, 0.5) is 11.4 Å². The van der Waals surface area contributed by atoms with Gasteiger partial charge in [-0.3, -0.25) is 0 Å². The first-order valence-corrected chi connectivity index (χ1v) is 11.2. The summed E-state index contributed by atoms with van der Waals surface area (Å²) in [6, 6.07) is 39.2. The average molecular weight is 413 g/mol. The molecule has 1 heterocycles. The highest BCUT2D eigenvalue weighted by Gasteiger charge is 2.13. The fraction of sp³-hybridized carbons (Fsp3) is 0.0667. The van der Waals surface area contributed by atoms with Crippen molar-refractivity contribution in [3.05, 3.63) is 115 Å². The van der Waals surface area contributed by atoms with E-state index in [2.05, 4.69) is 126 Å². The molecule has 0 bridgehead atoms. The van der Waals surface area contributed by atoms with Gasteiger partial charge in [-0.05, 0) is 77.4 Å². The van der Waals surface area contributed by atoms with Crippen molar-refractivity contribution in [3.63, 3.8) is 0 Å². The smallest absolute Gasteiger partial charge is 0.0542 e. The molecule has 0 atom stereocenters. The van der Waals surface area contributed by atoms with Crippen LogP contribution in [0.2, 0.25) is 0 Å². The largest absolute Gasteiger partial charge is 0.355 e. The van der Waals surface area contributed by atoms with Crippen LogP contribution in [0, 0.1) is 0 Å². The summed E-state index contributed by atoms with van der Waals surface area (Å²) in [5.74, 6) is 0. The van der Waals surface area contributed by atoms with Crippen molar-refractivity contribution in [2.24, 2.45) is 0 Å². The van der Waals surface area contributed by atoms with Crippen molar-refractivity contribution in [1.82, 2.24) is 4.57 Å². The van der Waals surface area contributed by atoms with Crippen LogP contribution < -0.4 is 5.32 Å². The molecule has 0 fully saturated rings. The monoisotopic (exact) mass is 412 g/mol. The van der Waals surface area contributed by atoms with Crippen LogP contribution in [0.15, 0.2) is 109 Å². The molecule has 0 saturated carbocycles. The summed E-state index contributed by atoms with van der Waals surface area (Å²) in [6.07, 6.45) is 1.03. The summed E-state index contributed by atoms with van der Waals surface area (Å²) >= 11 is 0. The van der Waals surface area contributed by atoms with Crippen molar-refractivity contribution >= 4 is 44.0 Å². The molecule has 0 saturated heterocycles. The number of benzene rings is 5. The number of hydrogen-bond donors (Lipinski definition) is 1. The molecule has 2 nitrogen and oxygen atoms in total. The van der Waals surface area contributed by atoms with Gasteiger partial charge in [-0.2, -0.15) is 0 Å². The van der Waals surface area contributed by atoms with E-state index in [9.17, 15) is 0 Å². The molecular formula is C30H24N2. The van der Waals surface area contributed by atoms with Gasteiger partial charge in [0.25, 0.3) is 0 Å². The zero-order chi connectivity index (χ0) is 21.5. The molecule has 0 amide bonds. The van der Waals surface area contributed by atoms with Crippen LogP contribution >= 0.6 is 0 Å². The van der Waals surface area contributed by atoms with E-state index in [4.69, 9.17) is 0 Å². The third-order valence-electron chi connectivity index (χ3n) is 6.29. The maximum atomic E-state index is 3.62. The summed E-state index contributed by atoms with van der Waals surface area (Å²) in [7, 11) is 0. The van der Waals surface area contributed by atoms with Gasteiger partial charge in [-0.15, -0.1) is 0 Å². The van der Waals surface area contributed by atoms with Gasteiger partial charge in [-0.1, -0.05) is 61.5 Å². The molecule has 6 rings (SSSR count). The highest BCUT2D eigenvalue weighted by molar-refractivity contribution is 6.10. The number of hydrogen-bond acceptors (Lipinski definition) is 1. The van der Waals surface area contributed by atoms with Crippen molar-refractivity contribution in [2.75, 3.05) is 5.32 Å². The first-order chi connectivity index (χ1) is 15.8. The van der Waals surface area contributed by atoms with Gasteiger partial charge in [0.15, 0.2) is 0 Å². The molecule has 1 N–H and O–H groups in total. The molecule has 1 aromatic heterocycles. The normalized spacial score (nSPS) is 11.4. The first kappa shape index (κ1) is 18.7. The van der Waals surface area contributed by atoms with Crippen molar-refractivity contribution < 1.29 is 0 Å². The standard InChI is InChI=1S/C30H24N2/c1-2-21-12-16-29-27(18-21)28-20-25(15-17-30(28)32(29)26-10-4-3-5-11-26)31-24-14-13-22-8-6-7-9-23(22)19-24/h3-20,31H,2H2,1H3. The topological polar surface area (TPSA) is 17.0 Å². The quantitative estimate of drug-likeness (QED) is 0.308. The molecular weight excluding hydrogens is 388 g/mol. The van der Waals surface area contributed by atoms with Crippen LogP contribution in [-0.2, 0) is 6.42 Å². The van der Waals surface area contributed by atoms with Crippen molar-refractivity contribution in [3.8, 4) is 5.69 Å². The van der Waals surface area contributed by atoms with E-state index < -0.39 is 0 Å². The minimum Gasteiger partial charge on any atom is -0.355 e. The maximum absolute atomic E-state index is 3.62. The molecule has 0 aliphatic heterocycles. The van der Waals surface area contributed by atoms with E-state index in [-0.39, 0.29) is 0 Å².